The normalized spacial score (nSPS) is 23.9. The third-order valence-electron chi connectivity index (χ3n) is 6.19. The number of nitrogens with zero attached hydrogens (tertiary/aromatic N) is 1. The summed E-state index contributed by atoms with van der Waals surface area (Å²) in [6, 6.07) is 6.55. The first-order chi connectivity index (χ1) is 13.3. The molecule has 1 aromatic rings. The van der Waals surface area contributed by atoms with Crippen LogP contribution in [0.1, 0.15) is 78.4 Å². The highest BCUT2D eigenvalue weighted by Gasteiger charge is 2.51. The van der Waals surface area contributed by atoms with Crippen molar-refractivity contribution in [1.29, 1.82) is 0 Å². The maximum Gasteiger partial charge on any atom is 0.494 e. The molecule has 5 nitrogen and oxygen atoms in total. The monoisotopic (exact) mass is 401 g/mol. The minimum Gasteiger partial charge on any atom is -0.444 e. The number of rotatable bonds is 2. The molecule has 0 spiro atoms. The summed E-state index contributed by atoms with van der Waals surface area (Å²) in [6.07, 6.45) is 1.82. The predicted molar refractivity (Wildman–Crippen MR) is 117 cm³/mol. The van der Waals surface area contributed by atoms with E-state index in [0.29, 0.717) is 6.54 Å². The standard InChI is InChI=1S/C23H36BNO4/c1-16-12-18(14-19(13-16)24-28-22(5,6)23(7,8)29-24)17-10-9-11-25(15-17)20(26)27-21(2,3)4/h12-14,17H,9-11,15H2,1-8H3. The number of hydrogen-bond donors (Lipinski definition) is 0. The van der Waals surface area contributed by atoms with Gasteiger partial charge >= 0.3 is 13.2 Å². The number of amides is 1. The topological polar surface area (TPSA) is 48.0 Å². The van der Waals surface area contributed by atoms with E-state index in [2.05, 4.69) is 52.8 Å². The third-order valence-corrected chi connectivity index (χ3v) is 6.19. The van der Waals surface area contributed by atoms with Crippen molar-refractivity contribution in [1.82, 2.24) is 4.90 Å². The van der Waals surface area contributed by atoms with Gasteiger partial charge in [0, 0.05) is 19.0 Å². The molecule has 3 rings (SSSR count). The SMILES string of the molecule is Cc1cc(B2OC(C)(C)C(C)(C)O2)cc(C2CCCN(C(=O)OC(C)(C)C)C2)c1. The Hall–Kier alpha value is -1.53. The molecule has 1 amide bonds. The molecule has 0 bridgehead atoms. The molecule has 2 fully saturated rings. The number of piperidine rings is 1. The minimum absolute atomic E-state index is 0.221. The summed E-state index contributed by atoms with van der Waals surface area (Å²) in [5, 5.41) is 0. The molecule has 29 heavy (non-hydrogen) atoms. The van der Waals surface area contributed by atoms with Crippen molar-refractivity contribution < 1.29 is 18.8 Å². The number of benzene rings is 1. The van der Waals surface area contributed by atoms with E-state index in [-0.39, 0.29) is 30.3 Å². The Bertz CT molecular complexity index is 753. The van der Waals surface area contributed by atoms with Gasteiger partial charge in [0.25, 0.3) is 0 Å². The first-order valence-corrected chi connectivity index (χ1v) is 10.7. The number of carbonyl (C=O) groups excluding carboxylic acids is 1. The van der Waals surface area contributed by atoms with Crippen LogP contribution in [0.4, 0.5) is 4.79 Å². The molecule has 1 aromatic carbocycles. The fourth-order valence-corrected chi connectivity index (χ4v) is 3.94. The van der Waals surface area contributed by atoms with Crippen molar-refractivity contribution >= 4 is 18.7 Å². The third kappa shape index (κ3) is 4.97. The molecule has 1 unspecified atom stereocenters. The van der Waals surface area contributed by atoms with Gasteiger partial charge in [0.15, 0.2) is 0 Å². The van der Waals surface area contributed by atoms with E-state index in [0.717, 1.165) is 24.8 Å². The van der Waals surface area contributed by atoms with Crippen LogP contribution in [0.5, 0.6) is 0 Å². The summed E-state index contributed by atoms with van der Waals surface area (Å²) in [6.45, 7) is 17.5. The van der Waals surface area contributed by atoms with E-state index in [9.17, 15) is 4.79 Å². The molecule has 160 valence electrons. The fourth-order valence-electron chi connectivity index (χ4n) is 3.94. The van der Waals surface area contributed by atoms with Gasteiger partial charge in [-0.05, 0) is 79.3 Å². The lowest BCUT2D eigenvalue weighted by Crippen LogP contribution is -2.42. The molecule has 0 aliphatic carbocycles. The molecule has 0 saturated carbocycles. The van der Waals surface area contributed by atoms with Crippen molar-refractivity contribution in [3.63, 3.8) is 0 Å². The number of likely N-dealkylation sites (tertiary alicyclic amines) is 1. The van der Waals surface area contributed by atoms with Crippen LogP contribution in [0.25, 0.3) is 0 Å². The fraction of sp³-hybridized carbons (Fsp3) is 0.696. The van der Waals surface area contributed by atoms with Crippen molar-refractivity contribution in [2.45, 2.75) is 91.0 Å². The molecule has 2 aliphatic rings. The predicted octanol–water partition coefficient (Wildman–Crippen LogP) is 4.41. The molecule has 0 aromatic heterocycles. The highest BCUT2D eigenvalue weighted by atomic mass is 16.7. The van der Waals surface area contributed by atoms with Crippen LogP contribution in [0.15, 0.2) is 18.2 Å². The molecule has 1 atom stereocenters. The van der Waals surface area contributed by atoms with Crippen LogP contribution < -0.4 is 5.46 Å². The quantitative estimate of drug-likeness (QED) is 0.689. The molecule has 0 N–H and O–H groups in total. The highest BCUT2D eigenvalue weighted by Crippen LogP contribution is 2.37. The molecule has 6 heteroatoms. The van der Waals surface area contributed by atoms with Gasteiger partial charge in [0.05, 0.1) is 11.2 Å². The van der Waals surface area contributed by atoms with Crippen LogP contribution in [0, 0.1) is 6.92 Å². The van der Waals surface area contributed by atoms with E-state index < -0.39 is 5.60 Å². The summed E-state index contributed by atoms with van der Waals surface area (Å²) < 4.78 is 18.1. The first-order valence-electron chi connectivity index (χ1n) is 10.7. The lowest BCUT2D eigenvalue weighted by molar-refractivity contribution is 0.00578. The van der Waals surface area contributed by atoms with Crippen LogP contribution in [-0.2, 0) is 14.0 Å². The number of carbonyl (C=O) groups is 1. The molecule has 2 aliphatic heterocycles. The van der Waals surface area contributed by atoms with Crippen molar-refractivity contribution in [3.05, 3.63) is 29.3 Å². The maximum atomic E-state index is 12.5. The maximum absolute atomic E-state index is 12.5. The zero-order valence-corrected chi connectivity index (χ0v) is 19.3. The summed E-state index contributed by atoms with van der Waals surface area (Å²) in [7, 11) is -0.371. The van der Waals surface area contributed by atoms with Gasteiger partial charge in [0.1, 0.15) is 5.60 Å². The van der Waals surface area contributed by atoms with Gasteiger partial charge in [-0.2, -0.15) is 0 Å². The van der Waals surface area contributed by atoms with Crippen LogP contribution in [-0.4, -0.2) is 48.0 Å². The van der Waals surface area contributed by atoms with Gasteiger partial charge in [0.2, 0.25) is 0 Å². The summed E-state index contributed by atoms with van der Waals surface area (Å²) >= 11 is 0. The van der Waals surface area contributed by atoms with Crippen LogP contribution in [0.3, 0.4) is 0 Å². The molecular formula is C23H36BNO4. The van der Waals surface area contributed by atoms with Gasteiger partial charge in [-0.15, -0.1) is 0 Å². The van der Waals surface area contributed by atoms with Gasteiger partial charge < -0.3 is 18.9 Å². The number of hydrogen-bond acceptors (Lipinski definition) is 4. The zero-order valence-electron chi connectivity index (χ0n) is 19.3. The Labute approximate surface area is 176 Å². The van der Waals surface area contributed by atoms with Crippen LogP contribution >= 0.6 is 0 Å². The second kappa shape index (κ2) is 7.62. The lowest BCUT2D eigenvalue weighted by atomic mass is 9.76. The smallest absolute Gasteiger partial charge is 0.444 e. The summed E-state index contributed by atoms with van der Waals surface area (Å²) in [4.78, 5) is 14.4. The number of ether oxygens (including phenoxy) is 1. The van der Waals surface area contributed by atoms with E-state index in [1.54, 1.807) is 0 Å². The second-order valence-corrected chi connectivity index (χ2v) is 10.5. The Morgan fingerprint density at radius 3 is 2.34 bits per heavy atom. The minimum atomic E-state index is -0.475. The summed E-state index contributed by atoms with van der Waals surface area (Å²) in [5.74, 6) is 0.289. The Balaban J connectivity index is 1.79. The zero-order chi connectivity index (χ0) is 21.6. The number of aryl methyl sites for hydroxylation is 1. The highest BCUT2D eigenvalue weighted by molar-refractivity contribution is 6.62. The van der Waals surface area contributed by atoms with E-state index in [1.807, 2.05) is 25.7 Å². The Morgan fingerprint density at radius 2 is 1.76 bits per heavy atom. The average Bonchev–Trinajstić information content (AvgIpc) is 2.81. The van der Waals surface area contributed by atoms with Crippen molar-refractivity contribution in [2.24, 2.45) is 0 Å². The van der Waals surface area contributed by atoms with Gasteiger partial charge in [-0.25, -0.2) is 4.79 Å². The van der Waals surface area contributed by atoms with E-state index in [4.69, 9.17) is 14.0 Å². The van der Waals surface area contributed by atoms with Gasteiger partial charge in [-0.3, -0.25) is 0 Å². The Kier molecular flexibility index (Phi) is 5.83. The van der Waals surface area contributed by atoms with Crippen molar-refractivity contribution in [3.8, 4) is 0 Å². The molecule has 2 saturated heterocycles. The van der Waals surface area contributed by atoms with Crippen molar-refractivity contribution in [2.75, 3.05) is 13.1 Å². The van der Waals surface area contributed by atoms with E-state index in [1.165, 1.54) is 11.1 Å². The second-order valence-electron chi connectivity index (χ2n) is 10.5. The molecular weight excluding hydrogens is 365 g/mol. The van der Waals surface area contributed by atoms with Crippen LogP contribution in [0.2, 0.25) is 0 Å². The average molecular weight is 401 g/mol. The lowest BCUT2D eigenvalue weighted by Gasteiger charge is -2.34. The molecule has 0 radical (unpaired) electrons. The first kappa shape index (κ1) is 22.2. The van der Waals surface area contributed by atoms with E-state index >= 15 is 0 Å². The molecule has 2 heterocycles. The van der Waals surface area contributed by atoms with Gasteiger partial charge in [-0.1, -0.05) is 23.8 Å². The summed E-state index contributed by atoms with van der Waals surface area (Å²) in [5.41, 5.74) is 2.27. The Morgan fingerprint density at radius 1 is 1.14 bits per heavy atom. The largest absolute Gasteiger partial charge is 0.494 e.